The number of nitrogens with zero attached hydrogens (tertiary/aromatic N) is 2. The van der Waals surface area contributed by atoms with E-state index in [9.17, 15) is 4.79 Å². The second-order valence-corrected chi connectivity index (χ2v) is 5.39. The molecule has 1 aromatic rings. The van der Waals surface area contributed by atoms with Crippen LogP contribution < -0.4 is 5.32 Å². The van der Waals surface area contributed by atoms with Crippen molar-refractivity contribution in [3.05, 3.63) is 16.9 Å². The van der Waals surface area contributed by atoms with Crippen molar-refractivity contribution >= 4 is 17.4 Å². The molecule has 2 unspecified atom stereocenters. The molecule has 0 aliphatic carbocycles. The zero-order chi connectivity index (χ0) is 12.6. The molecule has 0 amide bonds. The molecule has 2 rings (SSSR count). The predicted octanol–water partition coefficient (Wildman–Crippen LogP) is 2.16. The highest BCUT2D eigenvalue weighted by molar-refractivity contribution is 6.33. The van der Waals surface area contributed by atoms with Gasteiger partial charge in [-0.15, -0.1) is 0 Å². The van der Waals surface area contributed by atoms with Crippen molar-refractivity contribution < 1.29 is 4.79 Å². The number of aromatic nitrogens is 2. The Bertz CT molecular complexity index is 427. The van der Waals surface area contributed by atoms with Crippen LogP contribution in [0.25, 0.3) is 0 Å². The molecule has 17 heavy (non-hydrogen) atoms. The van der Waals surface area contributed by atoms with E-state index in [-0.39, 0.29) is 17.7 Å². The molecule has 0 radical (unpaired) electrons. The number of nitrogens with one attached hydrogen (secondary N) is 1. The van der Waals surface area contributed by atoms with Gasteiger partial charge in [-0.1, -0.05) is 18.5 Å². The van der Waals surface area contributed by atoms with Crippen LogP contribution in [0.15, 0.2) is 6.20 Å². The average Bonchev–Trinajstić information content (AvgIpc) is 2.83. The lowest BCUT2D eigenvalue weighted by Crippen LogP contribution is -2.25. The van der Waals surface area contributed by atoms with Crippen molar-refractivity contribution in [2.75, 3.05) is 13.1 Å². The van der Waals surface area contributed by atoms with Crippen LogP contribution in [0.3, 0.4) is 0 Å². The van der Waals surface area contributed by atoms with E-state index in [1.165, 1.54) is 0 Å². The van der Waals surface area contributed by atoms with Gasteiger partial charge in [-0.2, -0.15) is 5.10 Å². The molecule has 2 heterocycles. The van der Waals surface area contributed by atoms with Gasteiger partial charge in [0.15, 0.2) is 5.78 Å². The van der Waals surface area contributed by atoms with E-state index in [4.69, 9.17) is 11.6 Å². The van der Waals surface area contributed by atoms with Crippen LogP contribution in [0.4, 0.5) is 0 Å². The smallest absolute Gasteiger partial charge is 0.187 e. The Balaban J connectivity index is 2.33. The fraction of sp³-hybridized carbons (Fsp3) is 0.667. The fourth-order valence-corrected chi connectivity index (χ4v) is 2.52. The highest BCUT2D eigenvalue weighted by Crippen LogP contribution is 2.26. The lowest BCUT2D eigenvalue weighted by molar-refractivity contribution is 0.0895. The van der Waals surface area contributed by atoms with E-state index in [0.29, 0.717) is 16.6 Å². The number of hydrogen-bond donors (Lipinski definition) is 1. The zero-order valence-electron chi connectivity index (χ0n) is 10.4. The fourth-order valence-electron chi connectivity index (χ4n) is 2.30. The standard InChI is InChI=1S/C12H18ClN3O/c1-7(2)16-11(10(13)6-15-16)12(17)9-5-14-4-8(9)3/h6-9,14H,4-5H2,1-3H3. The van der Waals surface area contributed by atoms with E-state index in [2.05, 4.69) is 17.3 Å². The Morgan fingerprint density at radius 3 is 2.82 bits per heavy atom. The topological polar surface area (TPSA) is 46.9 Å². The molecule has 0 saturated carbocycles. The molecule has 0 spiro atoms. The summed E-state index contributed by atoms with van der Waals surface area (Å²) in [5, 5.41) is 7.88. The van der Waals surface area contributed by atoms with Gasteiger partial charge in [-0.05, 0) is 26.3 Å². The number of Topliss-reactive ketones (excluding diaryl/α,β-unsaturated/α-hetero) is 1. The minimum Gasteiger partial charge on any atom is -0.316 e. The molecular weight excluding hydrogens is 238 g/mol. The van der Waals surface area contributed by atoms with Crippen LogP contribution in [0.5, 0.6) is 0 Å². The molecule has 1 saturated heterocycles. The summed E-state index contributed by atoms with van der Waals surface area (Å²) in [7, 11) is 0. The summed E-state index contributed by atoms with van der Waals surface area (Å²) in [6.07, 6.45) is 1.56. The average molecular weight is 256 g/mol. The Kier molecular flexibility index (Phi) is 3.54. The summed E-state index contributed by atoms with van der Waals surface area (Å²) < 4.78 is 1.72. The third-order valence-electron chi connectivity index (χ3n) is 3.33. The molecule has 1 aromatic heterocycles. The largest absolute Gasteiger partial charge is 0.316 e. The maximum atomic E-state index is 12.5. The third kappa shape index (κ3) is 2.24. The van der Waals surface area contributed by atoms with Crippen LogP contribution in [-0.4, -0.2) is 28.7 Å². The van der Waals surface area contributed by atoms with Gasteiger partial charge < -0.3 is 5.32 Å². The van der Waals surface area contributed by atoms with E-state index in [1.54, 1.807) is 10.9 Å². The maximum Gasteiger partial charge on any atom is 0.187 e. The minimum absolute atomic E-state index is 0.0155. The van der Waals surface area contributed by atoms with Crippen LogP contribution in [0.2, 0.25) is 5.02 Å². The first-order valence-corrected chi connectivity index (χ1v) is 6.38. The zero-order valence-corrected chi connectivity index (χ0v) is 11.2. The van der Waals surface area contributed by atoms with Crippen molar-refractivity contribution in [1.82, 2.24) is 15.1 Å². The second kappa shape index (κ2) is 4.78. The highest BCUT2D eigenvalue weighted by atomic mass is 35.5. The Morgan fingerprint density at radius 2 is 2.29 bits per heavy atom. The monoisotopic (exact) mass is 255 g/mol. The molecule has 5 heteroatoms. The molecule has 0 aromatic carbocycles. The highest BCUT2D eigenvalue weighted by Gasteiger charge is 2.33. The summed E-state index contributed by atoms with van der Waals surface area (Å²) in [6, 6.07) is 0.145. The van der Waals surface area contributed by atoms with Crippen molar-refractivity contribution in [2.24, 2.45) is 11.8 Å². The van der Waals surface area contributed by atoms with Crippen molar-refractivity contribution in [3.63, 3.8) is 0 Å². The quantitative estimate of drug-likeness (QED) is 0.842. The van der Waals surface area contributed by atoms with Crippen LogP contribution in [-0.2, 0) is 0 Å². The summed E-state index contributed by atoms with van der Waals surface area (Å²) >= 11 is 6.09. The van der Waals surface area contributed by atoms with E-state index < -0.39 is 0 Å². The molecule has 1 aliphatic heterocycles. The maximum absolute atomic E-state index is 12.5. The van der Waals surface area contributed by atoms with Crippen molar-refractivity contribution in [2.45, 2.75) is 26.8 Å². The molecule has 1 aliphatic rings. The van der Waals surface area contributed by atoms with Crippen LogP contribution in [0, 0.1) is 11.8 Å². The molecule has 2 atom stereocenters. The summed E-state index contributed by atoms with van der Waals surface area (Å²) in [5.41, 5.74) is 0.558. The van der Waals surface area contributed by atoms with Gasteiger partial charge in [0.2, 0.25) is 0 Å². The number of carbonyl (C=O) groups excluding carboxylic acids is 1. The third-order valence-corrected chi connectivity index (χ3v) is 3.60. The Labute approximate surface area is 106 Å². The van der Waals surface area contributed by atoms with Gasteiger partial charge in [-0.3, -0.25) is 9.48 Å². The first-order valence-electron chi connectivity index (χ1n) is 6.00. The van der Waals surface area contributed by atoms with Crippen LogP contribution >= 0.6 is 11.6 Å². The molecule has 1 fully saturated rings. The normalized spacial score (nSPS) is 24.5. The number of halogens is 1. The van der Waals surface area contributed by atoms with Gasteiger partial charge in [0.1, 0.15) is 5.69 Å². The first kappa shape index (κ1) is 12.6. The Morgan fingerprint density at radius 1 is 1.59 bits per heavy atom. The van der Waals surface area contributed by atoms with Crippen molar-refractivity contribution in [3.8, 4) is 0 Å². The predicted molar refractivity (Wildman–Crippen MR) is 67.5 cm³/mol. The molecule has 94 valence electrons. The summed E-state index contributed by atoms with van der Waals surface area (Å²) in [6.45, 7) is 7.71. The van der Waals surface area contributed by atoms with Gasteiger partial charge >= 0.3 is 0 Å². The minimum atomic E-state index is 0.0155. The van der Waals surface area contributed by atoms with E-state index in [1.807, 2.05) is 13.8 Å². The number of rotatable bonds is 3. The Hall–Kier alpha value is -0.870. The molecule has 4 nitrogen and oxygen atoms in total. The van der Waals surface area contributed by atoms with Gasteiger partial charge in [0, 0.05) is 18.5 Å². The lowest BCUT2D eigenvalue weighted by atomic mass is 9.92. The first-order chi connectivity index (χ1) is 8.02. The number of ketones is 1. The van der Waals surface area contributed by atoms with Gasteiger partial charge in [0.05, 0.1) is 11.2 Å². The summed E-state index contributed by atoms with van der Waals surface area (Å²) in [5.74, 6) is 0.481. The van der Waals surface area contributed by atoms with Crippen LogP contribution in [0.1, 0.15) is 37.3 Å². The lowest BCUT2D eigenvalue weighted by Gasteiger charge is -2.16. The van der Waals surface area contributed by atoms with Gasteiger partial charge in [-0.25, -0.2) is 0 Å². The molecular formula is C12H18ClN3O. The van der Waals surface area contributed by atoms with E-state index in [0.717, 1.165) is 13.1 Å². The SMILES string of the molecule is CC1CNCC1C(=O)c1c(Cl)cnn1C(C)C. The number of carbonyl (C=O) groups is 1. The summed E-state index contributed by atoms with van der Waals surface area (Å²) in [4.78, 5) is 12.5. The van der Waals surface area contributed by atoms with Gasteiger partial charge in [0.25, 0.3) is 0 Å². The number of hydrogen-bond acceptors (Lipinski definition) is 3. The molecule has 0 bridgehead atoms. The second-order valence-electron chi connectivity index (χ2n) is 4.99. The van der Waals surface area contributed by atoms with Crippen molar-refractivity contribution in [1.29, 1.82) is 0 Å². The molecule has 1 N–H and O–H groups in total. The van der Waals surface area contributed by atoms with E-state index >= 15 is 0 Å².